The minimum atomic E-state index is 0.628. The molecule has 3 heteroatoms. The lowest BCUT2D eigenvalue weighted by Crippen LogP contribution is -2.47. The van der Waals surface area contributed by atoms with E-state index in [-0.39, 0.29) is 0 Å². The van der Waals surface area contributed by atoms with Crippen LogP contribution in [0.15, 0.2) is 5.16 Å². The summed E-state index contributed by atoms with van der Waals surface area (Å²) in [4.78, 5) is 2.44. The maximum Gasteiger partial charge on any atom is 0.141 e. The van der Waals surface area contributed by atoms with Crippen LogP contribution in [0.4, 0.5) is 0 Å². The predicted octanol–water partition coefficient (Wildman–Crippen LogP) is 3.76. The molecule has 0 radical (unpaired) electrons. The van der Waals surface area contributed by atoms with E-state index in [2.05, 4.69) is 10.1 Å². The van der Waals surface area contributed by atoms with Crippen LogP contribution in [-0.2, 0) is 0 Å². The first-order chi connectivity index (χ1) is 8.33. The van der Waals surface area contributed by atoms with Crippen LogP contribution in [0, 0.1) is 0 Å². The van der Waals surface area contributed by atoms with Crippen LogP contribution < -0.4 is 0 Å². The molecule has 2 saturated carbocycles. The molecule has 0 atom stereocenters. The Morgan fingerprint density at radius 2 is 1.29 bits per heavy atom. The minimum absolute atomic E-state index is 0.628. The van der Waals surface area contributed by atoms with Crippen LogP contribution in [0.5, 0.6) is 0 Å². The Morgan fingerprint density at radius 3 is 1.65 bits per heavy atom. The fourth-order valence-electron chi connectivity index (χ4n) is 3.60. The molecule has 0 saturated heterocycles. The average Bonchev–Trinajstić information content (AvgIpc) is 2.41. The highest BCUT2D eigenvalue weighted by Gasteiger charge is 2.29. The summed E-state index contributed by atoms with van der Waals surface area (Å²) < 4.78 is 0. The molecule has 98 valence electrons. The summed E-state index contributed by atoms with van der Waals surface area (Å²) >= 11 is 0. The molecule has 0 spiro atoms. The molecule has 0 aliphatic heterocycles. The molecule has 0 unspecified atom stereocenters. The Morgan fingerprint density at radius 1 is 0.882 bits per heavy atom. The van der Waals surface area contributed by atoms with Crippen molar-refractivity contribution in [2.45, 2.75) is 83.2 Å². The molecule has 2 aliphatic carbocycles. The van der Waals surface area contributed by atoms with Crippen molar-refractivity contribution in [3.8, 4) is 0 Å². The van der Waals surface area contributed by atoms with Crippen LogP contribution in [0.3, 0.4) is 0 Å². The summed E-state index contributed by atoms with van der Waals surface area (Å²) in [7, 11) is 0. The third kappa shape index (κ3) is 3.14. The van der Waals surface area contributed by atoms with Gasteiger partial charge in [-0.3, -0.25) is 0 Å². The van der Waals surface area contributed by atoms with Gasteiger partial charge in [0, 0.05) is 12.1 Å². The number of hydrogen-bond acceptors (Lipinski definition) is 2. The van der Waals surface area contributed by atoms with Gasteiger partial charge >= 0.3 is 0 Å². The van der Waals surface area contributed by atoms with Gasteiger partial charge < -0.3 is 10.1 Å². The van der Waals surface area contributed by atoms with Gasteiger partial charge in [0.15, 0.2) is 0 Å². The smallest absolute Gasteiger partial charge is 0.141 e. The molecule has 1 N–H and O–H groups in total. The van der Waals surface area contributed by atoms with Crippen LogP contribution in [0.1, 0.15) is 71.1 Å². The Kier molecular flexibility index (Phi) is 4.69. The van der Waals surface area contributed by atoms with E-state index >= 15 is 0 Å². The van der Waals surface area contributed by atoms with Crippen molar-refractivity contribution in [3.05, 3.63) is 0 Å². The summed E-state index contributed by atoms with van der Waals surface area (Å²) in [6.45, 7) is 1.96. The third-order valence-electron chi connectivity index (χ3n) is 4.45. The second-order valence-electron chi connectivity index (χ2n) is 5.64. The second kappa shape index (κ2) is 6.27. The van der Waals surface area contributed by atoms with E-state index in [9.17, 15) is 0 Å². The molecule has 2 fully saturated rings. The Balaban J connectivity index is 2.05. The summed E-state index contributed by atoms with van der Waals surface area (Å²) in [5, 5.41) is 12.6. The van der Waals surface area contributed by atoms with Crippen LogP contribution in [-0.4, -0.2) is 28.0 Å². The standard InChI is InChI=1S/C14H26N2O/c1-12(15-17)16(13-8-4-2-5-9-13)14-10-6-3-7-11-14/h13-14,17H,2-11H2,1H3. The highest BCUT2D eigenvalue weighted by molar-refractivity contribution is 5.79. The Labute approximate surface area is 105 Å². The van der Waals surface area contributed by atoms with Crippen LogP contribution >= 0.6 is 0 Å². The van der Waals surface area contributed by atoms with E-state index in [1.165, 1.54) is 64.2 Å². The zero-order valence-corrected chi connectivity index (χ0v) is 11.1. The molecule has 0 aromatic carbocycles. The molecular weight excluding hydrogens is 212 g/mol. The maximum atomic E-state index is 9.11. The monoisotopic (exact) mass is 238 g/mol. The van der Waals surface area contributed by atoms with Gasteiger partial charge in [-0.25, -0.2) is 0 Å². The highest BCUT2D eigenvalue weighted by atomic mass is 16.4. The van der Waals surface area contributed by atoms with Crippen LogP contribution in [0.2, 0.25) is 0 Å². The Bertz CT molecular complexity index is 235. The van der Waals surface area contributed by atoms with Gasteiger partial charge in [-0.05, 0) is 32.6 Å². The number of nitrogens with zero attached hydrogens (tertiary/aromatic N) is 2. The number of hydrogen-bond donors (Lipinski definition) is 1. The fourth-order valence-corrected chi connectivity index (χ4v) is 3.60. The van der Waals surface area contributed by atoms with E-state index in [1.807, 2.05) is 6.92 Å². The van der Waals surface area contributed by atoms with E-state index in [0.29, 0.717) is 12.1 Å². The highest BCUT2D eigenvalue weighted by Crippen LogP contribution is 2.30. The number of oxime groups is 1. The first-order valence-electron chi connectivity index (χ1n) is 7.30. The molecule has 2 aliphatic rings. The summed E-state index contributed by atoms with van der Waals surface area (Å²) in [6.07, 6.45) is 13.2. The molecule has 0 amide bonds. The molecule has 0 heterocycles. The Hall–Kier alpha value is -0.730. The fraction of sp³-hybridized carbons (Fsp3) is 0.929. The van der Waals surface area contributed by atoms with Crippen molar-refractivity contribution in [3.63, 3.8) is 0 Å². The molecular formula is C14H26N2O. The van der Waals surface area contributed by atoms with Gasteiger partial charge in [-0.15, -0.1) is 0 Å². The molecule has 2 rings (SSSR count). The zero-order chi connectivity index (χ0) is 12.1. The quantitative estimate of drug-likeness (QED) is 0.344. The van der Waals surface area contributed by atoms with Crippen molar-refractivity contribution in [2.24, 2.45) is 5.16 Å². The zero-order valence-electron chi connectivity index (χ0n) is 11.1. The second-order valence-corrected chi connectivity index (χ2v) is 5.64. The van der Waals surface area contributed by atoms with Crippen molar-refractivity contribution in [2.75, 3.05) is 0 Å². The minimum Gasteiger partial charge on any atom is -0.409 e. The van der Waals surface area contributed by atoms with Gasteiger partial charge in [-0.2, -0.15) is 0 Å². The van der Waals surface area contributed by atoms with Gasteiger partial charge in [0.25, 0.3) is 0 Å². The van der Waals surface area contributed by atoms with E-state index in [4.69, 9.17) is 5.21 Å². The van der Waals surface area contributed by atoms with Crippen molar-refractivity contribution >= 4 is 5.84 Å². The van der Waals surface area contributed by atoms with Crippen molar-refractivity contribution in [1.82, 2.24) is 4.90 Å². The van der Waals surface area contributed by atoms with Crippen molar-refractivity contribution < 1.29 is 5.21 Å². The normalized spacial score (nSPS) is 24.9. The molecule has 0 aromatic rings. The molecule has 17 heavy (non-hydrogen) atoms. The van der Waals surface area contributed by atoms with E-state index < -0.39 is 0 Å². The first kappa shape index (κ1) is 12.7. The summed E-state index contributed by atoms with van der Waals surface area (Å²) in [6, 6.07) is 1.26. The molecule has 0 aromatic heterocycles. The number of amidine groups is 1. The van der Waals surface area contributed by atoms with Gasteiger partial charge in [0.05, 0.1) is 0 Å². The lowest BCUT2D eigenvalue weighted by molar-refractivity contribution is 0.149. The average molecular weight is 238 g/mol. The lowest BCUT2D eigenvalue weighted by Gasteiger charge is -2.42. The third-order valence-corrected chi connectivity index (χ3v) is 4.45. The topological polar surface area (TPSA) is 35.8 Å². The molecule has 3 nitrogen and oxygen atoms in total. The van der Waals surface area contributed by atoms with Gasteiger partial charge in [0.2, 0.25) is 0 Å². The predicted molar refractivity (Wildman–Crippen MR) is 70.5 cm³/mol. The largest absolute Gasteiger partial charge is 0.409 e. The van der Waals surface area contributed by atoms with Crippen molar-refractivity contribution in [1.29, 1.82) is 0 Å². The summed E-state index contributed by atoms with van der Waals surface area (Å²) in [5.74, 6) is 0.837. The SMILES string of the molecule is CC(=NO)N(C1CCCCC1)C1CCCCC1. The summed E-state index contributed by atoms with van der Waals surface area (Å²) in [5.41, 5.74) is 0. The lowest BCUT2D eigenvalue weighted by atomic mass is 9.88. The van der Waals surface area contributed by atoms with Gasteiger partial charge in [-0.1, -0.05) is 43.7 Å². The maximum absolute atomic E-state index is 9.11. The number of rotatable bonds is 2. The first-order valence-corrected chi connectivity index (χ1v) is 7.30. The van der Waals surface area contributed by atoms with Crippen LogP contribution in [0.25, 0.3) is 0 Å². The van der Waals surface area contributed by atoms with E-state index in [0.717, 1.165) is 5.84 Å². The van der Waals surface area contributed by atoms with E-state index in [1.54, 1.807) is 0 Å². The van der Waals surface area contributed by atoms with Gasteiger partial charge in [0.1, 0.15) is 5.84 Å². The molecule has 0 bridgehead atoms.